The van der Waals surface area contributed by atoms with E-state index in [0.717, 1.165) is 25.3 Å². The fraction of sp³-hybridized carbons (Fsp3) is 0.700. The second-order valence-electron chi connectivity index (χ2n) is 3.47. The van der Waals surface area contributed by atoms with Crippen LogP contribution in [0.1, 0.15) is 19.3 Å². The molecule has 1 aliphatic heterocycles. The molecule has 0 amide bonds. The average molecular weight is 200 g/mol. The van der Waals surface area contributed by atoms with Gasteiger partial charge < -0.3 is 14.6 Å². The molecule has 1 saturated heterocycles. The molecule has 0 spiro atoms. The summed E-state index contributed by atoms with van der Waals surface area (Å²) in [7, 11) is 1.59. The van der Waals surface area contributed by atoms with Crippen molar-refractivity contribution in [1.29, 1.82) is 0 Å². The van der Waals surface area contributed by atoms with Crippen LogP contribution in [-0.4, -0.2) is 37.0 Å². The predicted octanol–water partition coefficient (Wildman–Crippen LogP) is 1.21. The first kappa shape index (κ1) is 11.2. The molecule has 4 nitrogen and oxygen atoms in total. The van der Waals surface area contributed by atoms with Gasteiger partial charge in [-0.1, -0.05) is 0 Å². The van der Waals surface area contributed by atoms with E-state index in [2.05, 4.69) is 0 Å². The van der Waals surface area contributed by atoms with E-state index in [1.165, 1.54) is 0 Å². The number of carboxylic acid groups (broad SMARTS) is 1. The SMILES string of the molecule is COCC1(/C=C/C(=O)O)CCCCO1. The van der Waals surface area contributed by atoms with E-state index < -0.39 is 11.6 Å². The van der Waals surface area contributed by atoms with Gasteiger partial charge in [0.2, 0.25) is 0 Å². The molecule has 14 heavy (non-hydrogen) atoms. The minimum absolute atomic E-state index is 0.413. The second-order valence-corrected chi connectivity index (χ2v) is 3.47. The van der Waals surface area contributed by atoms with Gasteiger partial charge in [0.05, 0.1) is 6.61 Å². The summed E-state index contributed by atoms with van der Waals surface area (Å²) >= 11 is 0. The van der Waals surface area contributed by atoms with Crippen LogP contribution in [0.5, 0.6) is 0 Å². The summed E-state index contributed by atoms with van der Waals surface area (Å²) in [6.45, 7) is 1.09. The van der Waals surface area contributed by atoms with E-state index >= 15 is 0 Å². The maximum Gasteiger partial charge on any atom is 0.328 e. The number of ether oxygens (including phenoxy) is 2. The van der Waals surface area contributed by atoms with Gasteiger partial charge in [0.25, 0.3) is 0 Å². The summed E-state index contributed by atoms with van der Waals surface area (Å²) in [5.74, 6) is -0.949. The van der Waals surface area contributed by atoms with Crippen LogP contribution >= 0.6 is 0 Å². The lowest BCUT2D eigenvalue weighted by molar-refractivity contribution is -0.131. The zero-order chi connectivity index (χ0) is 10.4. The third-order valence-corrected chi connectivity index (χ3v) is 2.30. The van der Waals surface area contributed by atoms with Crippen LogP contribution in [0.2, 0.25) is 0 Å². The first-order valence-corrected chi connectivity index (χ1v) is 4.74. The lowest BCUT2D eigenvalue weighted by Crippen LogP contribution is -2.38. The monoisotopic (exact) mass is 200 g/mol. The van der Waals surface area contributed by atoms with Crippen molar-refractivity contribution in [2.75, 3.05) is 20.3 Å². The highest BCUT2D eigenvalue weighted by Gasteiger charge is 2.30. The van der Waals surface area contributed by atoms with Crippen LogP contribution in [0.15, 0.2) is 12.2 Å². The summed E-state index contributed by atoms with van der Waals surface area (Å²) in [6.07, 6.45) is 5.63. The first-order chi connectivity index (χ1) is 6.68. The molecule has 1 unspecified atom stereocenters. The van der Waals surface area contributed by atoms with Gasteiger partial charge in [0.1, 0.15) is 5.60 Å². The molecule has 1 N–H and O–H groups in total. The van der Waals surface area contributed by atoms with E-state index in [1.54, 1.807) is 13.2 Å². The van der Waals surface area contributed by atoms with Gasteiger partial charge in [-0.15, -0.1) is 0 Å². The summed E-state index contributed by atoms with van der Waals surface area (Å²) < 4.78 is 10.6. The van der Waals surface area contributed by atoms with Gasteiger partial charge in [-0.3, -0.25) is 0 Å². The van der Waals surface area contributed by atoms with Crippen LogP contribution < -0.4 is 0 Å². The maximum absolute atomic E-state index is 10.4. The lowest BCUT2D eigenvalue weighted by atomic mass is 9.94. The Hall–Kier alpha value is -0.870. The second kappa shape index (κ2) is 5.12. The van der Waals surface area contributed by atoms with Crippen LogP contribution in [0.3, 0.4) is 0 Å². The Morgan fingerprint density at radius 2 is 2.43 bits per heavy atom. The van der Waals surface area contributed by atoms with Crippen LogP contribution in [0, 0.1) is 0 Å². The summed E-state index contributed by atoms with van der Waals surface area (Å²) in [5.41, 5.74) is -0.522. The van der Waals surface area contributed by atoms with Crippen molar-refractivity contribution >= 4 is 5.97 Å². The zero-order valence-corrected chi connectivity index (χ0v) is 8.36. The highest BCUT2D eigenvalue weighted by Crippen LogP contribution is 2.26. The average Bonchev–Trinajstić information content (AvgIpc) is 2.17. The predicted molar refractivity (Wildman–Crippen MR) is 51.2 cm³/mol. The highest BCUT2D eigenvalue weighted by molar-refractivity contribution is 5.79. The van der Waals surface area contributed by atoms with Crippen molar-refractivity contribution in [3.8, 4) is 0 Å². The fourth-order valence-corrected chi connectivity index (χ4v) is 1.63. The van der Waals surface area contributed by atoms with Gasteiger partial charge in [-0.25, -0.2) is 4.79 Å². The van der Waals surface area contributed by atoms with Crippen LogP contribution in [0.25, 0.3) is 0 Å². The molecule has 0 aliphatic carbocycles. The Morgan fingerprint density at radius 1 is 1.64 bits per heavy atom. The van der Waals surface area contributed by atoms with Crippen molar-refractivity contribution in [3.63, 3.8) is 0 Å². The van der Waals surface area contributed by atoms with Gasteiger partial charge in [0.15, 0.2) is 0 Å². The molecule has 0 aromatic heterocycles. The Balaban J connectivity index is 2.64. The van der Waals surface area contributed by atoms with Crippen LogP contribution in [-0.2, 0) is 14.3 Å². The molecule has 1 rings (SSSR count). The summed E-state index contributed by atoms with van der Waals surface area (Å²) in [5, 5.41) is 8.54. The van der Waals surface area contributed by atoms with E-state index in [9.17, 15) is 4.79 Å². The molecule has 4 heteroatoms. The van der Waals surface area contributed by atoms with Crippen molar-refractivity contribution in [2.45, 2.75) is 24.9 Å². The molecule has 0 aromatic carbocycles. The maximum atomic E-state index is 10.4. The van der Waals surface area contributed by atoms with Crippen molar-refractivity contribution < 1.29 is 19.4 Å². The molecule has 0 radical (unpaired) electrons. The molecule has 1 fully saturated rings. The lowest BCUT2D eigenvalue weighted by Gasteiger charge is -2.33. The number of rotatable bonds is 4. The fourth-order valence-electron chi connectivity index (χ4n) is 1.63. The van der Waals surface area contributed by atoms with Gasteiger partial charge in [-0.2, -0.15) is 0 Å². The molecule has 0 aromatic rings. The molecular formula is C10H16O4. The Bertz CT molecular complexity index is 211. The standard InChI is InChI=1S/C10H16O4/c1-13-8-10(6-4-9(11)12)5-2-3-7-14-10/h4,6H,2-3,5,7-8H2,1H3,(H,11,12)/b6-4+. The minimum atomic E-state index is -0.949. The van der Waals surface area contributed by atoms with Crippen LogP contribution in [0.4, 0.5) is 0 Å². The Morgan fingerprint density at radius 3 is 2.93 bits per heavy atom. The number of hydrogen-bond acceptors (Lipinski definition) is 3. The summed E-state index contributed by atoms with van der Waals surface area (Å²) in [6, 6.07) is 0. The summed E-state index contributed by atoms with van der Waals surface area (Å²) in [4.78, 5) is 10.4. The third kappa shape index (κ3) is 3.12. The highest BCUT2D eigenvalue weighted by atomic mass is 16.5. The number of carbonyl (C=O) groups is 1. The van der Waals surface area contributed by atoms with E-state index in [-0.39, 0.29) is 0 Å². The molecule has 80 valence electrons. The number of aliphatic carboxylic acids is 1. The third-order valence-electron chi connectivity index (χ3n) is 2.30. The first-order valence-electron chi connectivity index (χ1n) is 4.74. The Labute approximate surface area is 83.5 Å². The molecule has 1 atom stereocenters. The van der Waals surface area contributed by atoms with E-state index in [4.69, 9.17) is 14.6 Å². The van der Waals surface area contributed by atoms with Crippen molar-refractivity contribution in [3.05, 3.63) is 12.2 Å². The normalized spacial score (nSPS) is 28.1. The number of hydrogen-bond donors (Lipinski definition) is 1. The molecule has 0 bridgehead atoms. The minimum Gasteiger partial charge on any atom is -0.478 e. The van der Waals surface area contributed by atoms with E-state index in [0.29, 0.717) is 13.2 Å². The Kier molecular flexibility index (Phi) is 4.10. The zero-order valence-electron chi connectivity index (χ0n) is 8.36. The van der Waals surface area contributed by atoms with E-state index in [1.807, 2.05) is 0 Å². The largest absolute Gasteiger partial charge is 0.478 e. The number of carboxylic acids is 1. The van der Waals surface area contributed by atoms with Gasteiger partial charge in [-0.05, 0) is 25.3 Å². The molecular weight excluding hydrogens is 184 g/mol. The topological polar surface area (TPSA) is 55.8 Å². The molecule has 0 saturated carbocycles. The molecule has 1 heterocycles. The van der Waals surface area contributed by atoms with Crippen molar-refractivity contribution in [1.82, 2.24) is 0 Å². The smallest absolute Gasteiger partial charge is 0.328 e. The molecule has 1 aliphatic rings. The quantitative estimate of drug-likeness (QED) is 0.693. The number of methoxy groups -OCH3 is 1. The van der Waals surface area contributed by atoms with Gasteiger partial charge >= 0.3 is 5.97 Å². The van der Waals surface area contributed by atoms with Crippen molar-refractivity contribution in [2.24, 2.45) is 0 Å². The van der Waals surface area contributed by atoms with Gasteiger partial charge in [0, 0.05) is 19.8 Å².